The molecule has 25 heavy (non-hydrogen) atoms. The summed E-state index contributed by atoms with van der Waals surface area (Å²) in [6.07, 6.45) is 0.653. The molecule has 0 unspecified atom stereocenters. The number of amides is 1. The van der Waals surface area contributed by atoms with E-state index in [9.17, 15) is 14.0 Å². The van der Waals surface area contributed by atoms with Crippen LogP contribution in [0.5, 0.6) is 0 Å². The Bertz CT molecular complexity index is 905. The van der Waals surface area contributed by atoms with Crippen LogP contribution in [0.25, 0.3) is 4.48 Å². The van der Waals surface area contributed by atoms with Crippen LogP contribution in [-0.4, -0.2) is 12.2 Å². The minimum atomic E-state index is -0.425. The zero-order valence-corrected chi connectivity index (χ0v) is 15.6. The molecule has 0 aliphatic carbocycles. The van der Waals surface area contributed by atoms with Gasteiger partial charge in [-0.25, -0.2) is 4.39 Å². The largest absolute Gasteiger partial charge is 0.307 e. The van der Waals surface area contributed by atoms with E-state index in [1.54, 1.807) is 11.0 Å². The van der Waals surface area contributed by atoms with Gasteiger partial charge in [0.15, 0.2) is 0 Å². The van der Waals surface area contributed by atoms with E-state index in [0.29, 0.717) is 34.1 Å². The standard InChI is InChI=1S/C20H17BrFNO2/c1-12-3-4-14(7-13(12)2)10-23-18-9-16(22)5-6-17(18)20(21)15(11-24)8-19(23)25/h3-7,9,11H,8,10H2,1-2H3. The molecular weight excluding hydrogens is 385 g/mol. The van der Waals surface area contributed by atoms with Crippen LogP contribution in [0.2, 0.25) is 0 Å². The van der Waals surface area contributed by atoms with Crippen molar-refractivity contribution in [2.75, 3.05) is 4.90 Å². The molecule has 0 bridgehead atoms. The van der Waals surface area contributed by atoms with Crippen molar-refractivity contribution < 1.29 is 14.0 Å². The Morgan fingerprint density at radius 3 is 2.60 bits per heavy atom. The number of carbonyl (C=O) groups is 2. The number of carbonyl (C=O) groups excluding carboxylic acids is 2. The van der Waals surface area contributed by atoms with Gasteiger partial charge in [-0.15, -0.1) is 0 Å². The fourth-order valence-electron chi connectivity index (χ4n) is 2.91. The summed E-state index contributed by atoms with van der Waals surface area (Å²) in [5.41, 5.74) is 4.72. The second-order valence-electron chi connectivity index (χ2n) is 6.19. The summed E-state index contributed by atoms with van der Waals surface area (Å²) in [7, 11) is 0. The summed E-state index contributed by atoms with van der Waals surface area (Å²) >= 11 is 3.40. The summed E-state index contributed by atoms with van der Waals surface area (Å²) in [6.45, 7) is 4.36. The van der Waals surface area contributed by atoms with Crippen molar-refractivity contribution in [1.82, 2.24) is 0 Å². The van der Waals surface area contributed by atoms with E-state index in [1.165, 1.54) is 17.7 Å². The van der Waals surface area contributed by atoms with Gasteiger partial charge in [0.25, 0.3) is 0 Å². The van der Waals surface area contributed by atoms with Crippen molar-refractivity contribution in [2.24, 2.45) is 0 Å². The van der Waals surface area contributed by atoms with Gasteiger partial charge in [0, 0.05) is 15.6 Å². The number of hydrogen-bond donors (Lipinski definition) is 0. The van der Waals surface area contributed by atoms with Crippen LogP contribution in [0.1, 0.15) is 28.7 Å². The van der Waals surface area contributed by atoms with Crippen LogP contribution in [0.4, 0.5) is 10.1 Å². The number of aryl methyl sites for hydroxylation is 2. The SMILES string of the molecule is Cc1ccc(CN2C(=O)CC(C=O)=C(Br)c3ccc(F)cc32)cc1C. The first kappa shape index (κ1) is 17.5. The predicted molar refractivity (Wildman–Crippen MR) is 100 cm³/mol. The number of benzene rings is 2. The summed E-state index contributed by atoms with van der Waals surface area (Å²) < 4.78 is 14.4. The molecule has 0 saturated heterocycles. The number of rotatable bonds is 3. The number of anilines is 1. The molecule has 0 atom stereocenters. The number of halogens is 2. The lowest BCUT2D eigenvalue weighted by Gasteiger charge is -2.24. The van der Waals surface area contributed by atoms with E-state index in [4.69, 9.17) is 0 Å². The summed E-state index contributed by atoms with van der Waals surface area (Å²) in [5, 5.41) is 0. The van der Waals surface area contributed by atoms with E-state index in [0.717, 1.165) is 11.1 Å². The van der Waals surface area contributed by atoms with E-state index in [1.807, 2.05) is 32.0 Å². The second kappa shape index (κ2) is 6.92. The maximum absolute atomic E-state index is 13.9. The van der Waals surface area contributed by atoms with E-state index in [-0.39, 0.29) is 12.3 Å². The Labute approximate surface area is 154 Å². The van der Waals surface area contributed by atoms with Crippen molar-refractivity contribution in [3.8, 4) is 0 Å². The predicted octanol–water partition coefficient (Wildman–Crippen LogP) is 4.68. The maximum Gasteiger partial charge on any atom is 0.231 e. The number of aldehydes is 1. The molecule has 0 saturated carbocycles. The van der Waals surface area contributed by atoms with Gasteiger partial charge in [-0.2, -0.15) is 0 Å². The van der Waals surface area contributed by atoms with Gasteiger partial charge < -0.3 is 4.90 Å². The highest BCUT2D eigenvalue weighted by Gasteiger charge is 2.27. The topological polar surface area (TPSA) is 37.4 Å². The van der Waals surface area contributed by atoms with Crippen molar-refractivity contribution in [2.45, 2.75) is 26.8 Å². The first-order chi connectivity index (χ1) is 11.9. The van der Waals surface area contributed by atoms with E-state index >= 15 is 0 Å². The van der Waals surface area contributed by atoms with Gasteiger partial charge in [-0.1, -0.05) is 18.2 Å². The van der Waals surface area contributed by atoms with E-state index < -0.39 is 5.82 Å². The van der Waals surface area contributed by atoms with Crippen molar-refractivity contribution in [3.63, 3.8) is 0 Å². The molecule has 0 N–H and O–H groups in total. The van der Waals surface area contributed by atoms with Crippen molar-refractivity contribution in [3.05, 3.63) is 70.0 Å². The Balaban J connectivity index is 2.09. The number of hydrogen-bond acceptors (Lipinski definition) is 2. The van der Waals surface area contributed by atoms with Crippen LogP contribution >= 0.6 is 15.9 Å². The third-order valence-electron chi connectivity index (χ3n) is 4.47. The fourth-order valence-corrected chi connectivity index (χ4v) is 3.48. The molecule has 1 amide bonds. The molecule has 3 nitrogen and oxygen atoms in total. The minimum Gasteiger partial charge on any atom is -0.307 e. The summed E-state index contributed by atoms with van der Waals surface area (Å²) in [6, 6.07) is 10.2. The quantitative estimate of drug-likeness (QED) is 0.699. The second-order valence-corrected chi connectivity index (χ2v) is 6.99. The van der Waals surface area contributed by atoms with Crippen LogP contribution in [0, 0.1) is 19.7 Å². The fraction of sp³-hybridized carbons (Fsp3) is 0.200. The first-order valence-electron chi connectivity index (χ1n) is 7.91. The van der Waals surface area contributed by atoms with Gasteiger partial charge in [0.1, 0.15) is 12.1 Å². The molecule has 0 radical (unpaired) electrons. The lowest BCUT2D eigenvalue weighted by molar-refractivity contribution is -0.118. The smallest absolute Gasteiger partial charge is 0.231 e. The van der Waals surface area contributed by atoms with Crippen LogP contribution in [-0.2, 0) is 16.1 Å². The average molecular weight is 402 g/mol. The summed E-state index contributed by atoms with van der Waals surface area (Å²) in [5.74, 6) is -0.659. The molecule has 0 aromatic heterocycles. The van der Waals surface area contributed by atoms with Crippen molar-refractivity contribution >= 4 is 38.3 Å². The summed E-state index contributed by atoms with van der Waals surface area (Å²) in [4.78, 5) is 25.7. The third kappa shape index (κ3) is 3.42. The highest BCUT2D eigenvalue weighted by atomic mass is 79.9. The highest BCUT2D eigenvalue weighted by Crippen LogP contribution is 2.38. The zero-order chi connectivity index (χ0) is 18.1. The van der Waals surface area contributed by atoms with Crippen LogP contribution in [0.3, 0.4) is 0 Å². The Morgan fingerprint density at radius 2 is 1.92 bits per heavy atom. The Kier molecular flexibility index (Phi) is 4.86. The van der Waals surface area contributed by atoms with Gasteiger partial charge in [-0.05, 0) is 64.7 Å². The lowest BCUT2D eigenvalue weighted by Crippen LogP contribution is -2.30. The lowest BCUT2D eigenvalue weighted by atomic mass is 10.1. The molecule has 0 spiro atoms. The molecule has 3 rings (SSSR count). The van der Waals surface area contributed by atoms with Crippen molar-refractivity contribution in [1.29, 1.82) is 0 Å². The van der Waals surface area contributed by atoms with Gasteiger partial charge in [-0.3, -0.25) is 9.59 Å². The van der Waals surface area contributed by atoms with Gasteiger partial charge in [0.05, 0.1) is 18.7 Å². The Hall–Kier alpha value is -2.27. The molecule has 1 aliphatic rings. The maximum atomic E-state index is 13.9. The van der Waals surface area contributed by atoms with Crippen LogP contribution in [0.15, 0.2) is 42.0 Å². The third-order valence-corrected chi connectivity index (χ3v) is 5.40. The molecule has 2 aromatic carbocycles. The molecule has 2 aromatic rings. The van der Waals surface area contributed by atoms with Gasteiger partial charge >= 0.3 is 0 Å². The molecule has 5 heteroatoms. The van der Waals surface area contributed by atoms with Gasteiger partial charge in [0.2, 0.25) is 5.91 Å². The Morgan fingerprint density at radius 1 is 1.16 bits per heavy atom. The molecule has 0 fully saturated rings. The average Bonchev–Trinajstić information content (AvgIpc) is 2.68. The van der Waals surface area contributed by atoms with E-state index in [2.05, 4.69) is 15.9 Å². The normalized spacial score (nSPS) is 14.4. The minimum absolute atomic E-state index is 0.0226. The molecular formula is C20H17BrFNO2. The molecule has 1 aliphatic heterocycles. The van der Waals surface area contributed by atoms with Crippen LogP contribution < -0.4 is 4.90 Å². The monoisotopic (exact) mass is 401 g/mol. The zero-order valence-electron chi connectivity index (χ0n) is 14.0. The highest BCUT2D eigenvalue weighted by molar-refractivity contribution is 9.15. The number of nitrogens with zero attached hydrogens (tertiary/aromatic N) is 1. The first-order valence-corrected chi connectivity index (χ1v) is 8.70. The molecule has 1 heterocycles. The number of fused-ring (bicyclic) bond motifs is 1. The molecule has 128 valence electrons.